The van der Waals surface area contributed by atoms with Gasteiger partial charge in [-0.1, -0.05) is 12.8 Å². The molecule has 2 aliphatic carbocycles. The summed E-state index contributed by atoms with van der Waals surface area (Å²) < 4.78 is 12.2. The fourth-order valence-corrected chi connectivity index (χ4v) is 4.79. The van der Waals surface area contributed by atoms with Crippen molar-refractivity contribution < 1.29 is 4.21 Å². The molecular formula is C11H21NOS. The molecule has 2 nitrogen and oxygen atoms in total. The first-order valence-electron chi connectivity index (χ1n) is 5.92. The molecule has 0 amide bonds. The van der Waals surface area contributed by atoms with Crippen molar-refractivity contribution >= 4 is 10.8 Å². The minimum Gasteiger partial charge on any atom is -0.328 e. The zero-order valence-electron chi connectivity index (χ0n) is 8.78. The Kier molecular flexibility index (Phi) is 3.61. The van der Waals surface area contributed by atoms with Crippen molar-refractivity contribution in [2.45, 2.75) is 67.9 Å². The molecule has 0 bridgehead atoms. The molecule has 0 aliphatic heterocycles. The Morgan fingerprint density at radius 1 is 0.857 bits per heavy atom. The molecule has 0 aromatic carbocycles. The van der Waals surface area contributed by atoms with Gasteiger partial charge in [0.15, 0.2) is 0 Å². The minimum atomic E-state index is -0.552. The molecular weight excluding hydrogens is 194 g/mol. The predicted molar refractivity (Wildman–Crippen MR) is 60.6 cm³/mol. The van der Waals surface area contributed by atoms with E-state index in [1.54, 1.807) is 0 Å². The van der Waals surface area contributed by atoms with Gasteiger partial charge >= 0.3 is 0 Å². The van der Waals surface area contributed by atoms with Crippen molar-refractivity contribution in [1.82, 2.24) is 0 Å². The molecule has 0 radical (unpaired) electrons. The van der Waals surface area contributed by atoms with Gasteiger partial charge < -0.3 is 5.73 Å². The fraction of sp³-hybridized carbons (Fsp3) is 1.00. The Labute approximate surface area is 89.1 Å². The van der Waals surface area contributed by atoms with E-state index in [-0.39, 0.29) is 0 Å². The van der Waals surface area contributed by atoms with E-state index in [9.17, 15) is 4.21 Å². The van der Waals surface area contributed by atoms with Gasteiger partial charge in [0.1, 0.15) is 0 Å². The molecule has 14 heavy (non-hydrogen) atoms. The summed E-state index contributed by atoms with van der Waals surface area (Å²) in [4.78, 5) is 0. The molecule has 1 atom stereocenters. The molecule has 82 valence electrons. The van der Waals surface area contributed by atoms with Gasteiger partial charge in [0.05, 0.1) is 0 Å². The molecule has 1 unspecified atom stereocenters. The van der Waals surface area contributed by atoms with E-state index in [4.69, 9.17) is 5.73 Å². The van der Waals surface area contributed by atoms with Crippen LogP contribution in [-0.4, -0.2) is 20.8 Å². The lowest BCUT2D eigenvalue weighted by molar-refractivity contribution is 0.442. The normalized spacial score (nSPS) is 37.2. The van der Waals surface area contributed by atoms with Gasteiger partial charge in [0.25, 0.3) is 0 Å². The maximum atomic E-state index is 12.2. The highest BCUT2D eigenvalue weighted by Gasteiger charge is 2.30. The highest BCUT2D eigenvalue weighted by molar-refractivity contribution is 7.86. The quantitative estimate of drug-likeness (QED) is 0.765. The lowest BCUT2D eigenvalue weighted by atomic mass is 9.96. The summed E-state index contributed by atoms with van der Waals surface area (Å²) >= 11 is 0. The zero-order valence-corrected chi connectivity index (χ0v) is 9.60. The second-order valence-corrected chi connectivity index (χ2v) is 6.76. The smallest absolute Gasteiger partial charge is 0.0352 e. The van der Waals surface area contributed by atoms with Gasteiger partial charge in [0, 0.05) is 27.3 Å². The van der Waals surface area contributed by atoms with Crippen LogP contribution < -0.4 is 5.73 Å². The molecule has 0 spiro atoms. The third kappa shape index (κ3) is 2.37. The lowest BCUT2D eigenvalue weighted by Gasteiger charge is -2.27. The SMILES string of the molecule is NC1CCC(S(=O)C2CCCC2)CC1. The van der Waals surface area contributed by atoms with Gasteiger partial charge in [0.2, 0.25) is 0 Å². The number of rotatable bonds is 2. The second kappa shape index (κ2) is 4.75. The Hall–Kier alpha value is 0.110. The standard InChI is InChI=1S/C11H21NOS/c12-9-5-7-11(8-6-9)14(13)10-3-1-2-4-10/h9-11H,1-8,12H2. The van der Waals surface area contributed by atoms with E-state index >= 15 is 0 Å². The third-order valence-corrected chi connectivity index (χ3v) is 5.94. The first-order valence-corrected chi connectivity index (χ1v) is 7.20. The Morgan fingerprint density at radius 3 is 1.93 bits per heavy atom. The summed E-state index contributed by atoms with van der Waals surface area (Å²) in [5, 5.41) is 0.993. The van der Waals surface area contributed by atoms with Crippen LogP contribution in [0.4, 0.5) is 0 Å². The lowest BCUT2D eigenvalue weighted by Crippen LogP contribution is -2.33. The van der Waals surface area contributed by atoms with Crippen LogP contribution in [-0.2, 0) is 10.8 Å². The van der Waals surface area contributed by atoms with E-state index in [0.29, 0.717) is 16.5 Å². The molecule has 2 N–H and O–H groups in total. The highest BCUT2D eigenvalue weighted by atomic mass is 32.2. The summed E-state index contributed by atoms with van der Waals surface area (Å²) in [7, 11) is -0.552. The molecule has 2 aliphatic rings. The average molecular weight is 215 g/mol. The number of nitrogens with two attached hydrogens (primary N) is 1. The van der Waals surface area contributed by atoms with Crippen molar-refractivity contribution in [3.63, 3.8) is 0 Å². The first kappa shape index (κ1) is 10.6. The van der Waals surface area contributed by atoms with E-state index < -0.39 is 10.8 Å². The topological polar surface area (TPSA) is 43.1 Å². The van der Waals surface area contributed by atoms with Gasteiger partial charge in [-0.15, -0.1) is 0 Å². The van der Waals surface area contributed by atoms with E-state index in [0.717, 1.165) is 25.7 Å². The van der Waals surface area contributed by atoms with E-state index in [2.05, 4.69) is 0 Å². The van der Waals surface area contributed by atoms with Crippen molar-refractivity contribution in [1.29, 1.82) is 0 Å². The molecule has 0 aromatic rings. The molecule has 2 saturated carbocycles. The van der Waals surface area contributed by atoms with E-state index in [1.807, 2.05) is 0 Å². The number of hydrogen-bond donors (Lipinski definition) is 1. The molecule has 0 heterocycles. The van der Waals surface area contributed by atoms with Gasteiger partial charge in [-0.05, 0) is 38.5 Å². The van der Waals surface area contributed by atoms with Crippen LogP contribution in [0, 0.1) is 0 Å². The summed E-state index contributed by atoms with van der Waals surface area (Å²) in [5.41, 5.74) is 5.85. The highest BCUT2D eigenvalue weighted by Crippen LogP contribution is 2.30. The Bertz CT molecular complexity index is 205. The van der Waals surface area contributed by atoms with Crippen molar-refractivity contribution in [2.75, 3.05) is 0 Å². The maximum Gasteiger partial charge on any atom is 0.0352 e. The van der Waals surface area contributed by atoms with Crippen LogP contribution in [0.25, 0.3) is 0 Å². The van der Waals surface area contributed by atoms with Gasteiger partial charge in [-0.2, -0.15) is 0 Å². The van der Waals surface area contributed by atoms with Crippen LogP contribution in [0.1, 0.15) is 51.4 Å². The summed E-state index contributed by atoms with van der Waals surface area (Å²) in [5.74, 6) is 0. The van der Waals surface area contributed by atoms with Crippen molar-refractivity contribution in [3.8, 4) is 0 Å². The predicted octanol–water partition coefficient (Wildman–Crippen LogP) is 1.95. The van der Waals surface area contributed by atoms with E-state index in [1.165, 1.54) is 25.7 Å². The summed E-state index contributed by atoms with van der Waals surface area (Å²) in [6, 6.07) is 0.381. The first-order chi connectivity index (χ1) is 6.77. The Morgan fingerprint density at radius 2 is 1.36 bits per heavy atom. The van der Waals surface area contributed by atoms with Gasteiger partial charge in [-0.3, -0.25) is 4.21 Å². The molecule has 2 fully saturated rings. The zero-order chi connectivity index (χ0) is 9.97. The second-order valence-electron chi connectivity index (χ2n) is 4.77. The third-order valence-electron chi connectivity index (χ3n) is 3.68. The average Bonchev–Trinajstić information content (AvgIpc) is 2.71. The van der Waals surface area contributed by atoms with Crippen LogP contribution in [0.5, 0.6) is 0 Å². The van der Waals surface area contributed by atoms with Crippen molar-refractivity contribution in [2.24, 2.45) is 5.73 Å². The Balaban J connectivity index is 1.85. The molecule has 0 aromatic heterocycles. The van der Waals surface area contributed by atoms with Crippen molar-refractivity contribution in [3.05, 3.63) is 0 Å². The largest absolute Gasteiger partial charge is 0.328 e. The van der Waals surface area contributed by atoms with Gasteiger partial charge in [-0.25, -0.2) is 0 Å². The monoisotopic (exact) mass is 215 g/mol. The van der Waals surface area contributed by atoms with Crippen LogP contribution in [0.15, 0.2) is 0 Å². The summed E-state index contributed by atoms with van der Waals surface area (Å²) in [6.45, 7) is 0. The minimum absolute atomic E-state index is 0.381. The maximum absolute atomic E-state index is 12.2. The van der Waals surface area contributed by atoms with Crippen LogP contribution in [0.3, 0.4) is 0 Å². The molecule has 3 heteroatoms. The molecule has 0 saturated heterocycles. The summed E-state index contributed by atoms with van der Waals surface area (Å²) in [6.07, 6.45) is 9.37. The fourth-order valence-electron chi connectivity index (χ4n) is 2.71. The van der Waals surface area contributed by atoms with Crippen LogP contribution >= 0.6 is 0 Å². The number of hydrogen-bond acceptors (Lipinski definition) is 2. The molecule has 2 rings (SSSR count). The van der Waals surface area contributed by atoms with Crippen LogP contribution in [0.2, 0.25) is 0 Å².